The van der Waals surface area contributed by atoms with Gasteiger partial charge in [0.25, 0.3) is 5.69 Å². The third-order valence-electron chi connectivity index (χ3n) is 2.38. The molecule has 0 unspecified atom stereocenters. The molecule has 6 heteroatoms. The first-order chi connectivity index (χ1) is 8.58. The van der Waals surface area contributed by atoms with Crippen molar-refractivity contribution >= 4 is 45.3 Å². The third-order valence-corrected chi connectivity index (χ3v) is 3.32. The lowest BCUT2D eigenvalue weighted by molar-refractivity contribution is -0.383. The van der Waals surface area contributed by atoms with Gasteiger partial charge in [0.1, 0.15) is 5.69 Å². The molecular weight excluding hydrogens is 345 g/mol. The lowest BCUT2D eigenvalue weighted by atomic mass is 10.2. The minimum Gasteiger partial charge on any atom is -0.393 e. The molecule has 92 valence electrons. The first-order valence-corrected chi connectivity index (χ1v) is 6.21. The molecule has 0 bridgehead atoms. The number of nitrogens with one attached hydrogen (secondary N) is 1. The van der Waals surface area contributed by atoms with Crippen LogP contribution in [0.25, 0.3) is 0 Å². The number of hydrogen-bond donors (Lipinski definition) is 2. The fourth-order valence-electron chi connectivity index (χ4n) is 1.52. The van der Waals surface area contributed by atoms with Crippen molar-refractivity contribution in [1.82, 2.24) is 0 Å². The van der Waals surface area contributed by atoms with Gasteiger partial charge in [0.15, 0.2) is 0 Å². The van der Waals surface area contributed by atoms with E-state index in [2.05, 4.69) is 27.9 Å². The normalized spacial score (nSPS) is 10.1. The molecule has 0 atom stereocenters. The van der Waals surface area contributed by atoms with Crippen molar-refractivity contribution < 1.29 is 4.92 Å². The van der Waals surface area contributed by atoms with Crippen molar-refractivity contribution in [3.63, 3.8) is 0 Å². The van der Waals surface area contributed by atoms with E-state index in [9.17, 15) is 10.1 Å². The van der Waals surface area contributed by atoms with Crippen LogP contribution in [0.5, 0.6) is 0 Å². The molecule has 0 amide bonds. The highest BCUT2D eigenvalue weighted by Gasteiger charge is 2.11. The molecule has 0 aliphatic carbocycles. The van der Waals surface area contributed by atoms with Crippen LogP contribution >= 0.6 is 22.6 Å². The average Bonchev–Trinajstić information content (AvgIpc) is 2.32. The highest BCUT2D eigenvalue weighted by Crippen LogP contribution is 2.28. The predicted octanol–water partition coefficient (Wildman–Crippen LogP) is 3.53. The van der Waals surface area contributed by atoms with Crippen LogP contribution in [-0.4, -0.2) is 4.92 Å². The Morgan fingerprint density at radius 3 is 2.56 bits per heavy atom. The number of nitrogens with zero attached hydrogens (tertiary/aromatic N) is 1. The Labute approximate surface area is 117 Å². The summed E-state index contributed by atoms with van der Waals surface area (Å²) in [4.78, 5) is 10.2. The topological polar surface area (TPSA) is 81.2 Å². The number of anilines is 3. The highest BCUT2D eigenvalue weighted by molar-refractivity contribution is 14.1. The molecule has 0 aliphatic heterocycles. The fraction of sp³-hybridized carbons (Fsp3) is 0. The van der Waals surface area contributed by atoms with Crippen molar-refractivity contribution in [2.24, 2.45) is 0 Å². The van der Waals surface area contributed by atoms with Crippen LogP contribution in [0.15, 0.2) is 42.5 Å². The van der Waals surface area contributed by atoms with Gasteiger partial charge in [-0.2, -0.15) is 0 Å². The maximum absolute atomic E-state index is 10.6. The van der Waals surface area contributed by atoms with Crippen molar-refractivity contribution in [3.8, 4) is 0 Å². The lowest BCUT2D eigenvalue weighted by Crippen LogP contribution is -1.98. The van der Waals surface area contributed by atoms with Crippen LogP contribution in [0.3, 0.4) is 0 Å². The Bertz CT molecular complexity index is 602. The van der Waals surface area contributed by atoms with Gasteiger partial charge in [-0.1, -0.05) is 12.1 Å². The Morgan fingerprint density at radius 1 is 1.22 bits per heavy atom. The molecule has 2 aromatic carbocycles. The quantitative estimate of drug-likeness (QED) is 0.382. The molecule has 0 saturated carbocycles. The Kier molecular flexibility index (Phi) is 3.66. The van der Waals surface area contributed by atoms with Gasteiger partial charge >= 0.3 is 0 Å². The van der Waals surface area contributed by atoms with Crippen LogP contribution < -0.4 is 11.1 Å². The Hall–Kier alpha value is -1.83. The predicted molar refractivity (Wildman–Crippen MR) is 80.0 cm³/mol. The zero-order valence-electron chi connectivity index (χ0n) is 9.26. The maximum Gasteiger partial charge on any atom is 0.292 e. The number of para-hydroxylation sites is 1. The van der Waals surface area contributed by atoms with E-state index in [1.807, 2.05) is 24.3 Å². The van der Waals surface area contributed by atoms with E-state index < -0.39 is 4.92 Å². The summed E-state index contributed by atoms with van der Waals surface area (Å²) in [6.07, 6.45) is 0. The summed E-state index contributed by atoms with van der Waals surface area (Å²) in [7, 11) is 0. The highest BCUT2D eigenvalue weighted by atomic mass is 127. The molecule has 0 spiro atoms. The number of nitro benzene ring substituents is 1. The van der Waals surface area contributed by atoms with E-state index in [1.54, 1.807) is 12.1 Å². The molecule has 0 radical (unpaired) electrons. The van der Waals surface area contributed by atoms with E-state index in [1.165, 1.54) is 6.07 Å². The molecule has 0 aromatic heterocycles. The second-order valence-electron chi connectivity index (χ2n) is 3.64. The van der Waals surface area contributed by atoms with Crippen LogP contribution in [0.4, 0.5) is 22.7 Å². The number of hydrogen-bond acceptors (Lipinski definition) is 4. The summed E-state index contributed by atoms with van der Waals surface area (Å²) >= 11 is 2.21. The van der Waals surface area contributed by atoms with Crippen molar-refractivity contribution in [1.29, 1.82) is 0 Å². The molecule has 5 nitrogen and oxygen atoms in total. The standard InChI is InChI=1S/C12H10IN3O2/c13-9-3-1-2-4-11(9)15-8-5-6-12(16(17)18)10(14)7-8/h1-7,15H,14H2. The van der Waals surface area contributed by atoms with Crippen molar-refractivity contribution in [3.05, 3.63) is 56.1 Å². The molecule has 0 saturated heterocycles. The first kappa shape index (κ1) is 12.6. The van der Waals surface area contributed by atoms with Gasteiger partial charge in [0, 0.05) is 15.3 Å². The maximum atomic E-state index is 10.6. The van der Waals surface area contributed by atoms with Gasteiger partial charge in [-0.15, -0.1) is 0 Å². The van der Waals surface area contributed by atoms with E-state index in [0.717, 1.165) is 14.9 Å². The van der Waals surface area contributed by atoms with E-state index >= 15 is 0 Å². The molecular formula is C12H10IN3O2. The average molecular weight is 355 g/mol. The number of nitro groups is 1. The summed E-state index contributed by atoms with van der Waals surface area (Å²) in [5.41, 5.74) is 7.36. The van der Waals surface area contributed by atoms with Crippen LogP contribution in [-0.2, 0) is 0 Å². The summed E-state index contributed by atoms with van der Waals surface area (Å²) in [6.45, 7) is 0. The second-order valence-corrected chi connectivity index (χ2v) is 4.80. The molecule has 2 rings (SSSR count). The monoisotopic (exact) mass is 355 g/mol. The second kappa shape index (κ2) is 5.21. The van der Waals surface area contributed by atoms with E-state index in [0.29, 0.717) is 0 Å². The summed E-state index contributed by atoms with van der Waals surface area (Å²) in [5.74, 6) is 0. The van der Waals surface area contributed by atoms with Gasteiger partial charge in [-0.3, -0.25) is 10.1 Å². The zero-order chi connectivity index (χ0) is 13.1. The van der Waals surface area contributed by atoms with Gasteiger partial charge in [-0.05, 0) is 46.9 Å². The van der Waals surface area contributed by atoms with Crippen molar-refractivity contribution in [2.45, 2.75) is 0 Å². The largest absolute Gasteiger partial charge is 0.393 e. The van der Waals surface area contributed by atoms with Crippen LogP contribution in [0.1, 0.15) is 0 Å². The number of nitrogen functional groups attached to an aromatic ring is 1. The van der Waals surface area contributed by atoms with Gasteiger partial charge < -0.3 is 11.1 Å². The van der Waals surface area contributed by atoms with Crippen molar-refractivity contribution in [2.75, 3.05) is 11.1 Å². The Balaban J connectivity index is 2.29. The van der Waals surface area contributed by atoms with Crippen LogP contribution in [0, 0.1) is 13.7 Å². The molecule has 3 N–H and O–H groups in total. The Morgan fingerprint density at radius 2 is 1.94 bits per heavy atom. The molecule has 0 heterocycles. The van der Waals surface area contributed by atoms with E-state index in [4.69, 9.17) is 5.73 Å². The molecule has 0 aliphatic rings. The van der Waals surface area contributed by atoms with E-state index in [-0.39, 0.29) is 11.4 Å². The number of halogens is 1. The summed E-state index contributed by atoms with van der Waals surface area (Å²) in [5, 5.41) is 13.8. The smallest absolute Gasteiger partial charge is 0.292 e. The first-order valence-electron chi connectivity index (χ1n) is 5.13. The third kappa shape index (κ3) is 2.70. The minimum atomic E-state index is -0.495. The minimum absolute atomic E-state index is 0.0803. The summed E-state index contributed by atoms with van der Waals surface area (Å²) < 4.78 is 1.06. The fourth-order valence-corrected chi connectivity index (χ4v) is 2.04. The number of benzene rings is 2. The zero-order valence-corrected chi connectivity index (χ0v) is 11.4. The number of nitrogens with two attached hydrogens (primary N) is 1. The SMILES string of the molecule is Nc1cc(Nc2ccccc2I)ccc1[N+](=O)[O-]. The number of rotatable bonds is 3. The van der Waals surface area contributed by atoms with Gasteiger partial charge in [-0.25, -0.2) is 0 Å². The van der Waals surface area contributed by atoms with Gasteiger partial charge in [0.2, 0.25) is 0 Å². The summed E-state index contributed by atoms with van der Waals surface area (Å²) in [6, 6.07) is 12.3. The van der Waals surface area contributed by atoms with Gasteiger partial charge in [0.05, 0.1) is 10.6 Å². The molecule has 18 heavy (non-hydrogen) atoms. The lowest BCUT2D eigenvalue weighted by Gasteiger charge is -2.09. The molecule has 2 aromatic rings. The van der Waals surface area contributed by atoms with Crippen LogP contribution in [0.2, 0.25) is 0 Å². The molecule has 0 fully saturated rings.